The van der Waals surface area contributed by atoms with Gasteiger partial charge in [-0.1, -0.05) is 6.92 Å². The molecule has 2 saturated heterocycles. The van der Waals surface area contributed by atoms with Crippen molar-refractivity contribution >= 4 is 5.82 Å². The lowest BCUT2D eigenvalue weighted by Crippen LogP contribution is -2.37. The number of nitrogens with zero attached hydrogens (tertiary/aromatic N) is 3. The molecule has 1 aromatic rings. The quantitative estimate of drug-likeness (QED) is 0.908. The molecule has 0 amide bonds. The Labute approximate surface area is 128 Å². The summed E-state index contributed by atoms with van der Waals surface area (Å²) in [6, 6.07) is 2.15. The minimum Gasteiger partial charge on any atom is -0.356 e. The van der Waals surface area contributed by atoms with E-state index in [0.717, 1.165) is 36.8 Å². The van der Waals surface area contributed by atoms with Gasteiger partial charge < -0.3 is 10.2 Å². The lowest BCUT2D eigenvalue weighted by Gasteiger charge is -2.37. The molecule has 0 saturated carbocycles. The normalized spacial score (nSPS) is 22.3. The number of hydrogen-bond donors (Lipinski definition) is 1. The Morgan fingerprint density at radius 2 is 1.95 bits per heavy atom. The highest BCUT2D eigenvalue weighted by Gasteiger charge is 2.34. The topological polar surface area (TPSA) is 41.1 Å². The molecule has 2 fully saturated rings. The minimum absolute atomic E-state index is 0.593. The van der Waals surface area contributed by atoms with Gasteiger partial charge in [0.25, 0.3) is 0 Å². The highest BCUT2D eigenvalue weighted by Crippen LogP contribution is 2.40. The van der Waals surface area contributed by atoms with E-state index in [4.69, 9.17) is 4.98 Å². The zero-order chi connectivity index (χ0) is 14.7. The minimum atomic E-state index is 0.593. The van der Waals surface area contributed by atoms with Crippen LogP contribution in [-0.2, 0) is 6.42 Å². The lowest BCUT2D eigenvalue weighted by molar-refractivity contribution is 0.178. The summed E-state index contributed by atoms with van der Waals surface area (Å²) < 4.78 is 0. The van der Waals surface area contributed by atoms with Crippen molar-refractivity contribution < 1.29 is 0 Å². The van der Waals surface area contributed by atoms with E-state index in [2.05, 4.69) is 35.1 Å². The third-order valence-electron chi connectivity index (χ3n) is 5.24. The molecule has 1 spiro atoms. The average Bonchev–Trinajstić information content (AvgIpc) is 2.70. The zero-order valence-corrected chi connectivity index (χ0v) is 13.5. The predicted molar refractivity (Wildman–Crippen MR) is 86.7 cm³/mol. The summed E-state index contributed by atoms with van der Waals surface area (Å²) >= 11 is 0. The lowest BCUT2D eigenvalue weighted by atomic mass is 9.73. The van der Waals surface area contributed by atoms with Gasteiger partial charge in [0.2, 0.25) is 0 Å². The van der Waals surface area contributed by atoms with Gasteiger partial charge in [0, 0.05) is 31.3 Å². The molecule has 3 heterocycles. The third kappa shape index (κ3) is 3.37. The largest absolute Gasteiger partial charge is 0.356 e. The van der Waals surface area contributed by atoms with Crippen LogP contribution in [0, 0.1) is 12.3 Å². The van der Waals surface area contributed by atoms with E-state index in [-0.39, 0.29) is 0 Å². The molecule has 21 heavy (non-hydrogen) atoms. The molecule has 0 radical (unpaired) electrons. The SMILES string of the molecule is CCc1nc(C)cc(N2CCCC3(CCNCC3)CC2)n1. The van der Waals surface area contributed by atoms with Crippen LogP contribution < -0.4 is 10.2 Å². The Hall–Kier alpha value is -1.16. The van der Waals surface area contributed by atoms with Gasteiger partial charge in [-0.2, -0.15) is 0 Å². The van der Waals surface area contributed by atoms with E-state index in [1.807, 2.05) is 0 Å². The zero-order valence-electron chi connectivity index (χ0n) is 13.5. The van der Waals surface area contributed by atoms with E-state index < -0.39 is 0 Å². The first kappa shape index (κ1) is 14.8. The second kappa shape index (κ2) is 6.30. The monoisotopic (exact) mass is 288 g/mol. The summed E-state index contributed by atoms with van der Waals surface area (Å²) in [6.07, 6.45) is 7.62. The van der Waals surface area contributed by atoms with Crippen molar-refractivity contribution in [2.45, 2.75) is 52.4 Å². The van der Waals surface area contributed by atoms with Crippen LogP contribution in [0.25, 0.3) is 0 Å². The first-order valence-electron chi connectivity index (χ1n) is 8.51. The van der Waals surface area contributed by atoms with E-state index in [1.54, 1.807) is 0 Å². The maximum absolute atomic E-state index is 4.75. The fourth-order valence-electron chi connectivity index (χ4n) is 3.87. The van der Waals surface area contributed by atoms with Crippen molar-refractivity contribution in [3.05, 3.63) is 17.6 Å². The molecule has 2 aliphatic heterocycles. The molecule has 3 rings (SSSR count). The maximum atomic E-state index is 4.75. The van der Waals surface area contributed by atoms with E-state index in [0.29, 0.717) is 5.41 Å². The van der Waals surface area contributed by atoms with Gasteiger partial charge in [0.15, 0.2) is 0 Å². The number of aromatic nitrogens is 2. The highest BCUT2D eigenvalue weighted by atomic mass is 15.2. The summed E-state index contributed by atoms with van der Waals surface area (Å²) in [5.74, 6) is 2.12. The molecule has 2 aliphatic rings. The van der Waals surface area contributed by atoms with Crippen molar-refractivity contribution in [2.24, 2.45) is 5.41 Å². The number of piperidine rings is 1. The molecule has 4 heteroatoms. The fourth-order valence-corrected chi connectivity index (χ4v) is 3.87. The van der Waals surface area contributed by atoms with Gasteiger partial charge in [0.1, 0.15) is 11.6 Å². The van der Waals surface area contributed by atoms with Crippen LogP contribution in [0.4, 0.5) is 5.82 Å². The van der Waals surface area contributed by atoms with Crippen LogP contribution in [0.5, 0.6) is 0 Å². The smallest absolute Gasteiger partial charge is 0.132 e. The van der Waals surface area contributed by atoms with Crippen molar-refractivity contribution in [3.63, 3.8) is 0 Å². The molecule has 0 atom stereocenters. The van der Waals surface area contributed by atoms with Crippen molar-refractivity contribution in [3.8, 4) is 0 Å². The van der Waals surface area contributed by atoms with Gasteiger partial charge in [-0.05, 0) is 57.5 Å². The summed E-state index contributed by atoms with van der Waals surface area (Å²) in [7, 11) is 0. The number of hydrogen-bond acceptors (Lipinski definition) is 4. The average molecular weight is 288 g/mol. The Morgan fingerprint density at radius 1 is 1.14 bits per heavy atom. The fraction of sp³-hybridized carbons (Fsp3) is 0.765. The van der Waals surface area contributed by atoms with E-state index >= 15 is 0 Å². The van der Waals surface area contributed by atoms with Crippen molar-refractivity contribution in [1.82, 2.24) is 15.3 Å². The van der Waals surface area contributed by atoms with Gasteiger partial charge >= 0.3 is 0 Å². The van der Waals surface area contributed by atoms with Crippen LogP contribution in [0.1, 0.15) is 50.5 Å². The number of anilines is 1. The van der Waals surface area contributed by atoms with Crippen LogP contribution in [0.2, 0.25) is 0 Å². The summed E-state index contributed by atoms with van der Waals surface area (Å²) in [6.45, 7) is 8.91. The molecular weight excluding hydrogens is 260 g/mol. The second-order valence-electron chi connectivity index (χ2n) is 6.73. The van der Waals surface area contributed by atoms with Crippen LogP contribution in [0.15, 0.2) is 6.07 Å². The van der Waals surface area contributed by atoms with Gasteiger partial charge in [-0.3, -0.25) is 0 Å². The van der Waals surface area contributed by atoms with Gasteiger partial charge in [-0.25, -0.2) is 9.97 Å². The molecule has 0 aromatic carbocycles. The van der Waals surface area contributed by atoms with Crippen molar-refractivity contribution in [1.29, 1.82) is 0 Å². The molecule has 116 valence electrons. The first-order chi connectivity index (χ1) is 10.2. The molecule has 0 aliphatic carbocycles. The van der Waals surface area contributed by atoms with Gasteiger partial charge in [0.05, 0.1) is 0 Å². The highest BCUT2D eigenvalue weighted by molar-refractivity contribution is 5.40. The van der Waals surface area contributed by atoms with E-state index in [1.165, 1.54) is 45.2 Å². The molecule has 4 nitrogen and oxygen atoms in total. The molecular formula is C17H28N4. The maximum Gasteiger partial charge on any atom is 0.132 e. The Balaban J connectivity index is 1.74. The first-order valence-corrected chi connectivity index (χ1v) is 8.51. The Morgan fingerprint density at radius 3 is 2.71 bits per heavy atom. The third-order valence-corrected chi connectivity index (χ3v) is 5.24. The van der Waals surface area contributed by atoms with Crippen LogP contribution >= 0.6 is 0 Å². The molecule has 0 bridgehead atoms. The molecule has 0 unspecified atom stereocenters. The number of rotatable bonds is 2. The Kier molecular flexibility index (Phi) is 4.43. The summed E-state index contributed by atoms with van der Waals surface area (Å²) in [4.78, 5) is 11.8. The van der Waals surface area contributed by atoms with E-state index in [9.17, 15) is 0 Å². The number of nitrogens with one attached hydrogen (secondary N) is 1. The Bertz CT molecular complexity index is 480. The van der Waals surface area contributed by atoms with Crippen LogP contribution in [-0.4, -0.2) is 36.1 Å². The standard InChI is InChI=1S/C17H28N4/c1-3-15-19-14(2)13-16(20-15)21-11-4-5-17(8-12-21)6-9-18-10-7-17/h13,18H,3-12H2,1-2H3. The second-order valence-corrected chi connectivity index (χ2v) is 6.73. The van der Waals surface area contributed by atoms with Crippen molar-refractivity contribution in [2.75, 3.05) is 31.1 Å². The van der Waals surface area contributed by atoms with Gasteiger partial charge in [-0.15, -0.1) is 0 Å². The molecule has 1 N–H and O–H groups in total. The summed E-state index contributed by atoms with van der Waals surface area (Å²) in [5, 5.41) is 3.51. The summed E-state index contributed by atoms with van der Waals surface area (Å²) in [5.41, 5.74) is 1.69. The predicted octanol–water partition coefficient (Wildman–Crippen LogP) is 2.71. The number of aryl methyl sites for hydroxylation is 2. The van der Waals surface area contributed by atoms with Crippen LogP contribution in [0.3, 0.4) is 0 Å². The molecule has 1 aromatic heterocycles.